The second kappa shape index (κ2) is 5.58. The topological polar surface area (TPSA) is 64.7 Å². The number of ether oxygens (including phenoxy) is 2. The van der Waals surface area contributed by atoms with E-state index in [4.69, 9.17) is 15.2 Å². The van der Waals surface area contributed by atoms with Crippen LogP contribution in [0.3, 0.4) is 0 Å². The van der Waals surface area contributed by atoms with Gasteiger partial charge < -0.3 is 20.3 Å². The molecule has 0 heterocycles. The number of hydrogen-bond donors (Lipinski definition) is 2. The standard InChI is InChI=1S/C11H17NO3/c1-3-14-11(15-4-2)8-5-6-10(13)9(12)7-8/h5-7,11,13H,3-4,12H2,1-2H3. The minimum absolute atomic E-state index is 0.0745. The first-order valence-corrected chi connectivity index (χ1v) is 5.00. The molecule has 0 spiro atoms. The van der Waals surface area contributed by atoms with E-state index >= 15 is 0 Å². The van der Waals surface area contributed by atoms with E-state index in [0.717, 1.165) is 5.56 Å². The zero-order valence-electron chi connectivity index (χ0n) is 9.06. The summed E-state index contributed by atoms with van der Waals surface area (Å²) in [6, 6.07) is 4.93. The van der Waals surface area contributed by atoms with Crippen molar-refractivity contribution >= 4 is 5.69 Å². The van der Waals surface area contributed by atoms with E-state index in [0.29, 0.717) is 18.9 Å². The molecule has 15 heavy (non-hydrogen) atoms. The first kappa shape index (κ1) is 11.8. The fraction of sp³-hybridized carbons (Fsp3) is 0.455. The molecule has 0 aliphatic rings. The summed E-state index contributed by atoms with van der Waals surface area (Å²) in [5.41, 5.74) is 6.73. The molecular weight excluding hydrogens is 194 g/mol. The molecule has 0 bridgehead atoms. The maximum atomic E-state index is 9.28. The van der Waals surface area contributed by atoms with E-state index in [1.54, 1.807) is 12.1 Å². The third kappa shape index (κ3) is 3.11. The van der Waals surface area contributed by atoms with Crippen LogP contribution in [0.5, 0.6) is 5.75 Å². The lowest BCUT2D eigenvalue weighted by molar-refractivity contribution is -0.140. The van der Waals surface area contributed by atoms with Gasteiger partial charge in [-0.3, -0.25) is 0 Å². The van der Waals surface area contributed by atoms with Gasteiger partial charge in [0.25, 0.3) is 0 Å². The Kier molecular flexibility index (Phi) is 4.39. The lowest BCUT2D eigenvalue weighted by atomic mass is 10.2. The molecule has 4 heteroatoms. The highest BCUT2D eigenvalue weighted by Crippen LogP contribution is 2.26. The molecule has 1 aromatic rings. The van der Waals surface area contributed by atoms with Crippen molar-refractivity contribution < 1.29 is 14.6 Å². The summed E-state index contributed by atoms with van der Waals surface area (Å²) < 4.78 is 10.8. The van der Waals surface area contributed by atoms with Crippen molar-refractivity contribution in [2.45, 2.75) is 20.1 Å². The number of aromatic hydroxyl groups is 1. The molecule has 84 valence electrons. The van der Waals surface area contributed by atoms with Crippen molar-refractivity contribution in [2.24, 2.45) is 0 Å². The lowest BCUT2D eigenvalue weighted by Crippen LogP contribution is -2.09. The summed E-state index contributed by atoms with van der Waals surface area (Å²) in [6.07, 6.45) is -0.414. The van der Waals surface area contributed by atoms with E-state index in [-0.39, 0.29) is 5.75 Å². The maximum Gasteiger partial charge on any atom is 0.183 e. The molecule has 0 unspecified atom stereocenters. The maximum absolute atomic E-state index is 9.28. The molecule has 0 radical (unpaired) electrons. The van der Waals surface area contributed by atoms with Gasteiger partial charge in [-0.15, -0.1) is 0 Å². The van der Waals surface area contributed by atoms with Gasteiger partial charge in [-0.05, 0) is 26.0 Å². The summed E-state index contributed by atoms with van der Waals surface area (Å²) in [5.74, 6) is 0.0745. The Labute approximate surface area is 89.6 Å². The molecule has 0 aliphatic heterocycles. The van der Waals surface area contributed by atoms with E-state index in [2.05, 4.69) is 0 Å². The quantitative estimate of drug-likeness (QED) is 0.444. The second-order valence-electron chi connectivity index (χ2n) is 3.06. The van der Waals surface area contributed by atoms with Crippen LogP contribution in [-0.2, 0) is 9.47 Å². The molecule has 1 aromatic carbocycles. The zero-order valence-corrected chi connectivity index (χ0v) is 9.06. The van der Waals surface area contributed by atoms with Crippen molar-refractivity contribution in [1.82, 2.24) is 0 Å². The minimum atomic E-state index is -0.414. The monoisotopic (exact) mass is 211 g/mol. The van der Waals surface area contributed by atoms with Gasteiger partial charge in [0.15, 0.2) is 6.29 Å². The molecular formula is C11H17NO3. The lowest BCUT2D eigenvalue weighted by Gasteiger charge is -2.17. The second-order valence-corrected chi connectivity index (χ2v) is 3.06. The number of rotatable bonds is 5. The molecule has 3 N–H and O–H groups in total. The molecule has 0 atom stereocenters. The first-order chi connectivity index (χ1) is 7.19. The zero-order chi connectivity index (χ0) is 11.3. The molecule has 0 amide bonds. The summed E-state index contributed by atoms with van der Waals surface area (Å²) in [6.45, 7) is 4.92. The Morgan fingerprint density at radius 2 is 1.87 bits per heavy atom. The fourth-order valence-corrected chi connectivity index (χ4v) is 1.26. The van der Waals surface area contributed by atoms with Crippen LogP contribution in [0, 0.1) is 0 Å². The van der Waals surface area contributed by atoms with Gasteiger partial charge in [-0.2, -0.15) is 0 Å². The normalized spacial score (nSPS) is 10.9. The Morgan fingerprint density at radius 3 is 2.33 bits per heavy atom. The van der Waals surface area contributed by atoms with Gasteiger partial charge in [0.2, 0.25) is 0 Å². The molecule has 4 nitrogen and oxygen atoms in total. The molecule has 0 fully saturated rings. The SMILES string of the molecule is CCOC(OCC)c1ccc(O)c(N)c1. The molecule has 1 rings (SSSR count). The fourth-order valence-electron chi connectivity index (χ4n) is 1.26. The van der Waals surface area contributed by atoms with Crippen molar-refractivity contribution in [1.29, 1.82) is 0 Å². The van der Waals surface area contributed by atoms with E-state index < -0.39 is 6.29 Å². The Balaban J connectivity index is 2.85. The predicted octanol–water partition coefficient (Wildman–Crippen LogP) is 2.05. The number of nitrogen functional groups attached to an aromatic ring is 1. The highest BCUT2D eigenvalue weighted by atomic mass is 16.7. The third-order valence-corrected chi connectivity index (χ3v) is 1.96. The van der Waals surface area contributed by atoms with Crippen LogP contribution in [0.2, 0.25) is 0 Å². The number of anilines is 1. The van der Waals surface area contributed by atoms with Crippen molar-refractivity contribution in [3.63, 3.8) is 0 Å². The minimum Gasteiger partial charge on any atom is -0.506 e. The van der Waals surface area contributed by atoms with Crippen molar-refractivity contribution in [3.05, 3.63) is 23.8 Å². The summed E-state index contributed by atoms with van der Waals surface area (Å²) in [5, 5.41) is 9.28. The van der Waals surface area contributed by atoms with Crippen molar-refractivity contribution in [3.8, 4) is 5.75 Å². The summed E-state index contributed by atoms with van der Waals surface area (Å²) >= 11 is 0. The highest BCUT2D eigenvalue weighted by molar-refractivity contribution is 5.53. The van der Waals surface area contributed by atoms with Crippen LogP contribution in [-0.4, -0.2) is 18.3 Å². The van der Waals surface area contributed by atoms with Crippen LogP contribution in [0.15, 0.2) is 18.2 Å². The molecule has 0 aromatic heterocycles. The van der Waals surface area contributed by atoms with E-state index in [9.17, 15) is 5.11 Å². The van der Waals surface area contributed by atoms with Crippen molar-refractivity contribution in [2.75, 3.05) is 18.9 Å². The highest BCUT2D eigenvalue weighted by Gasteiger charge is 2.12. The molecule has 0 saturated carbocycles. The number of benzene rings is 1. The van der Waals surface area contributed by atoms with E-state index in [1.807, 2.05) is 13.8 Å². The molecule has 0 saturated heterocycles. The van der Waals surface area contributed by atoms with Gasteiger partial charge in [0, 0.05) is 18.8 Å². The average Bonchev–Trinajstić information content (AvgIpc) is 2.22. The van der Waals surface area contributed by atoms with Crippen LogP contribution in [0.25, 0.3) is 0 Å². The van der Waals surface area contributed by atoms with Gasteiger partial charge in [-0.1, -0.05) is 6.07 Å². The molecule has 0 aliphatic carbocycles. The van der Waals surface area contributed by atoms with Gasteiger partial charge >= 0.3 is 0 Å². The Bertz CT molecular complexity index is 309. The smallest absolute Gasteiger partial charge is 0.183 e. The first-order valence-electron chi connectivity index (χ1n) is 5.00. The van der Waals surface area contributed by atoms with E-state index in [1.165, 1.54) is 6.07 Å². The van der Waals surface area contributed by atoms with Crippen LogP contribution in [0.1, 0.15) is 25.7 Å². The Morgan fingerprint density at radius 1 is 1.27 bits per heavy atom. The number of phenolic OH excluding ortho intramolecular Hbond substituents is 1. The summed E-state index contributed by atoms with van der Waals surface area (Å²) in [7, 11) is 0. The largest absolute Gasteiger partial charge is 0.506 e. The van der Waals surface area contributed by atoms with Gasteiger partial charge in [-0.25, -0.2) is 0 Å². The third-order valence-electron chi connectivity index (χ3n) is 1.96. The predicted molar refractivity (Wildman–Crippen MR) is 58.5 cm³/mol. The van der Waals surface area contributed by atoms with Crippen LogP contribution in [0.4, 0.5) is 5.69 Å². The number of nitrogens with two attached hydrogens (primary N) is 1. The number of phenols is 1. The van der Waals surface area contributed by atoms with Gasteiger partial charge in [0.1, 0.15) is 5.75 Å². The summed E-state index contributed by atoms with van der Waals surface area (Å²) in [4.78, 5) is 0. The number of hydrogen-bond acceptors (Lipinski definition) is 4. The van der Waals surface area contributed by atoms with Crippen LogP contribution >= 0.6 is 0 Å². The van der Waals surface area contributed by atoms with Crippen LogP contribution < -0.4 is 5.73 Å². The van der Waals surface area contributed by atoms with Gasteiger partial charge in [0.05, 0.1) is 5.69 Å². The Hall–Kier alpha value is -1.26. The average molecular weight is 211 g/mol.